The number of hydrogen-bond acceptors (Lipinski definition) is 2. The molecule has 2 rings (SSSR count). The van der Waals surface area contributed by atoms with Crippen LogP contribution in [0.4, 0.5) is 13.2 Å². The van der Waals surface area contributed by atoms with Gasteiger partial charge in [0.15, 0.2) is 6.61 Å². The molecule has 2 heterocycles. The molecule has 0 N–H and O–H groups in total. The summed E-state index contributed by atoms with van der Waals surface area (Å²) in [4.78, 5) is 4.18. The van der Waals surface area contributed by atoms with Gasteiger partial charge in [-0.05, 0) is 25.1 Å². The van der Waals surface area contributed by atoms with Crippen molar-refractivity contribution in [1.82, 2.24) is 9.55 Å². The minimum atomic E-state index is -4.34. The fraction of sp³-hybridized carbons (Fsp3) is 0.308. The molecule has 19 heavy (non-hydrogen) atoms. The number of aromatic nitrogens is 2. The largest absolute Gasteiger partial charge is 0.484 e. The molecule has 3 nitrogen and oxygen atoms in total. The van der Waals surface area contributed by atoms with Crippen LogP contribution >= 0.6 is 0 Å². The average Bonchev–Trinajstić information content (AvgIpc) is 2.82. The Morgan fingerprint density at radius 2 is 1.95 bits per heavy atom. The summed E-state index contributed by atoms with van der Waals surface area (Å²) in [6.45, 7) is 0.917. The molecule has 0 saturated heterocycles. The first-order chi connectivity index (χ1) is 8.96. The highest BCUT2D eigenvalue weighted by Gasteiger charge is 2.28. The van der Waals surface area contributed by atoms with Gasteiger partial charge in [0.05, 0.1) is 12.2 Å². The first-order valence-electron chi connectivity index (χ1n) is 5.70. The first kappa shape index (κ1) is 13.5. The maximum absolute atomic E-state index is 12.1. The van der Waals surface area contributed by atoms with E-state index in [2.05, 4.69) is 4.98 Å². The van der Waals surface area contributed by atoms with Gasteiger partial charge in [-0.1, -0.05) is 0 Å². The summed E-state index contributed by atoms with van der Waals surface area (Å²) in [6.07, 6.45) is 0.850. The van der Waals surface area contributed by atoms with E-state index in [-0.39, 0.29) is 5.75 Å². The van der Waals surface area contributed by atoms with E-state index in [9.17, 15) is 13.2 Å². The first-order valence-corrected chi connectivity index (χ1v) is 5.70. The summed E-state index contributed by atoms with van der Waals surface area (Å²) in [5.41, 5.74) is 1.32. The number of halogens is 3. The molecule has 6 heteroatoms. The molecule has 0 aliphatic rings. The second-order valence-electron chi connectivity index (χ2n) is 4.14. The number of pyridine rings is 1. The van der Waals surface area contributed by atoms with E-state index in [0.717, 1.165) is 0 Å². The van der Waals surface area contributed by atoms with Crippen molar-refractivity contribution in [3.8, 4) is 5.75 Å². The molecule has 0 atom stereocenters. The molecular formula is C13H13F3N2O. The molecule has 102 valence electrons. The molecule has 0 bridgehead atoms. The Bertz CT molecular complexity index is 535. The molecule has 0 unspecified atom stereocenters. The third-order valence-corrected chi connectivity index (χ3v) is 2.65. The van der Waals surface area contributed by atoms with Gasteiger partial charge in [0.1, 0.15) is 5.75 Å². The summed E-state index contributed by atoms with van der Waals surface area (Å²) in [5, 5.41) is 0. The predicted octanol–water partition coefficient (Wildman–Crippen LogP) is 3.18. The van der Waals surface area contributed by atoms with Crippen LogP contribution in [-0.2, 0) is 6.54 Å². The minimum Gasteiger partial charge on any atom is -0.484 e. The van der Waals surface area contributed by atoms with E-state index < -0.39 is 12.8 Å². The number of hydrogen-bond donors (Lipinski definition) is 0. The maximum Gasteiger partial charge on any atom is 0.422 e. The Hall–Kier alpha value is -1.98. The summed E-state index contributed by atoms with van der Waals surface area (Å²) >= 11 is 0. The highest BCUT2D eigenvalue weighted by atomic mass is 19.4. The van der Waals surface area contributed by atoms with Gasteiger partial charge in [-0.15, -0.1) is 0 Å². The SMILES string of the molecule is Cc1c(OCC(F)(F)F)ccnc1Cn1cccc1. The molecular weight excluding hydrogens is 257 g/mol. The minimum absolute atomic E-state index is 0.217. The van der Waals surface area contributed by atoms with E-state index in [4.69, 9.17) is 4.74 Å². The van der Waals surface area contributed by atoms with Crippen molar-refractivity contribution < 1.29 is 17.9 Å². The van der Waals surface area contributed by atoms with Gasteiger partial charge in [-0.25, -0.2) is 0 Å². The molecule has 0 aliphatic carbocycles. The highest BCUT2D eigenvalue weighted by Crippen LogP contribution is 2.23. The van der Waals surface area contributed by atoms with Crippen LogP contribution in [0, 0.1) is 6.92 Å². The summed E-state index contributed by atoms with van der Waals surface area (Å²) in [5.74, 6) is 0.217. The van der Waals surface area contributed by atoms with Crippen molar-refractivity contribution in [3.05, 3.63) is 48.0 Å². The molecule has 0 saturated carbocycles. The van der Waals surface area contributed by atoms with Crippen molar-refractivity contribution in [1.29, 1.82) is 0 Å². The summed E-state index contributed by atoms with van der Waals surface area (Å²) < 4.78 is 43.1. The fourth-order valence-corrected chi connectivity index (χ4v) is 1.68. The molecule has 2 aromatic rings. The quantitative estimate of drug-likeness (QED) is 0.853. The lowest BCUT2D eigenvalue weighted by Crippen LogP contribution is -2.20. The van der Waals surface area contributed by atoms with E-state index >= 15 is 0 Å². The van der Waals surface area contributed by atoms with E-state index in [0.29, 0.717) is 17.8 Å². The van der Waals surface area contributed by atoms with Crippen molar-refractivity contribution in [2.45, 2.75) is 19.6 Å². The van der Waals surface area contributed by atoms with Crippen LogP contribution in [0.15, 0.2) is 36.8 Å². The van der Waals surface area contributed by atoms with Crippen LogP contribution in [0.3, 0.4) is 0 Å². The zero-order chi connectivity index (χ0) is 13.9. The molecule has 0 aromatic carbocycles. The molecule has 0 fully saturated rings. The lowest BCUT2D eigenvalue weighted by Gasteiger charge is -2.13. The lowest BCUT2D eigenvalue weighted by molar-refractivity contribution is -0.153. The summed E-state index contributed by atoms with van der Waals surface area (Å²) in [7, 11) is 0. The van der Waals surface area contributed by atoms with Crippen molar-refractivity contribution in [2.24, 2.45) is 0 Å². The zero-order valence-corrected chi connectivity index (χ0v) is 10.3. The predicted molar refractivity (Wildman–Crippen MR) is 64.1 cm³/mol. The third-order valence-electron chi connectivity index (χ3n) is 2.65. The van der Waals surface area contributed by atoms with Crippen LogP contribution in [0.2, 0.25) is 0 Å². The van der Waals surface area contributed by atoms with Crippen LogP contribution in [0.5, 0.6) is 5.75 Å². The number of ether oxygens (including phenoxy) is 1. The van der Waals surface area contributed by atoms with Gasteiger partial charge < -0.3 is 9.30 Å². The molecule has 2 aromatic heterocycles. The standard InChI is InChI=1S/C13H13F3N2O/c1-10-11(8-18-6-2-3-7-18)17-5-4-12(10)19-9-13(14,15)16/h2-7H,8-9H2,1H3. The number of rotatable bonds is 4. The topological polar surface area (TPSA) is 27.1 Å². The van der Waals surface area contributed by atoms with E-state index in [1.54, 1.807) is 6.92 Å². The van der Waals surface area contributed by atoms with Gasteiger partial charge in [-0.3, -0.25) is 4.98 Å². The second kappa shape index (κ2) is 5.34. The van der Waals surface area contributed by atoms with Gasteiger partial charge in [0.2, 0.25) is 0 Å². The van der Waals surface area contributed by atoms with Gasteiger partial charge in [0, 0.05) is 24.2 Å². The summed E-state index contributed by atoms with van der Waals surface area (Å²) in [6, 6.07) is 5.19. The van der Waals surface area contributed by atoms with Crippen molar-refractivity contribution >= 4 is 0 Å². The average molecular weight is 270 g/mol. The van der Waals surface area contributed by atoms with Crippen LogP contribution in [-0.4, -0.2) is 22.3 Å². The Morgan fingerprint density at radius 3 is 2.58 bits per heavy atom. The van der Waals surface area contributed by atoms with Crippen LogP contribution < -0.4 is 4.74 Å². The number of alkyl halides is 3. The van der Waals surface area contributed by atoms with Crippen LogP contribution in [0.1, 0.15) is 11.3 Å². The Morgan fingerprint density at radius 1 is 1.26 bits per heavy atom. The Kier molecular flexibility index (Phi) is 3.78. The fourth-order valence-electron chi connectivity index (χ4n) is 1.68. The number of nitrogens with zero attached hydrogens (tertiary/aromatic N) is 2. The van der Waals surface area contributed by atoms with E-state index in [1.165, 1.54) is 12.3 Å². The van der Waals surface area contributed by atoms with Crippen LogP contribution in [0.25, 0.3) is 0 Å². The maximum atomic E-state index is 12.1. The zero-order valence-electron chi connectivity index (χ0n) is 10.3. The van der Waals surface area contributed by atoms with Gasteiger partial charge >= 0.3 is 6.18 Å². The normalized spacial score (nSPS) is 11.6. The lowest BCUT2D eigenvalue weighted by atomic mass is 10.2. The monoisotopic (exact) mass is 270 g/mol. The smallest absolute Gasteiger partial charge is 0.422 e. The van der Waals surface area contributed by atoms with Gasteiger partial charge in [-0.2, -0.15) is 13.2 Å². The third kappa shape index (κ3) is 3.74. The molecule has 0 spiro atoms. The van der Waals surface area contributed by atoms with Gasteiger partial charge in [0.25, 0.3) is 0 Å². The highest BCUT2D eigenvalue weighted by molar-refractivity contribution is 5.34. The molecule has 0 amide bonds. The second-order valence-corrected chi connectivity index (χ2v) is 4.14. The Labute approximate surface area is 108 Å². The van der Waals surface area contributed by atoms with Crippen molar-refractivity contribution in [2.75, 3.05) is 6.61 Å². The van der Waals surface area contributed by atoms with Crippen molar-refractivity contribution in [3.63, 3.8) is 0 Å². The Balaban J connectivity index is 2.13. The molecule has 0 aliphatic heterocycles. The molecule has 0 radical (unpaired) electrons. The van der Waals surface area contributed by atoms with E-state index in [1.807, 2.05) is 29.1 Å².